The predicted octanol–water partition coefficient (Wildman–Crippen LogP) is 4.16. The highest BCUT2D eigenvalue weighted by atomic mass is 32.1. The Balaban J connectivity index is 1.82. The van der Waals surface area contributed by atoms with E-state index in [1.165, 1.54) is 16.2 Å². The van der Waals surface area contributed by atoms with Gasteiger partial charge in [0.05, 0.1) is 25.5 Å². The van der Waals surface area contributed by atoms with Crippen LogP contribution in [-0.4, -0.2) is 50.7 Å². The van der Waals surface area contributed by atoms with E-state index in [9.17, 15) is 9.59 Å². The van der Waals surface area contributed by atoms with E-state index in [1.807, 2.05) is 17.5 Å². The quantitative estimate of drug-likeness (QED) is 0.391. The number of unbranched alkanes of at least 4 members (excludes halogenated alkanes) is 1. The second kappa shape index (κ2) is 11.0. The Morgan fingerprint density at radius 3 is 2.52 bits per heavy atom. The largest absolute Gasteiger partial charge is 0.497 e. The first-order valence-corrected chi connectivity index (χ1v) is 11.2. The van der Waals surface area contributed by atoms with Crippen molar-refractivity contribution in [2.24, 2.45) is 0 Å². The molecule has 2 amide bonds. The normalized spacial score (nSPS) is 13.8. The van der Waals surface area contributed by atoms with Gasteiger partial charge in [-0.15, -0.1) is 11.3 Å². The molecule has 0 atom stereocenters. The Morgan fingerprint density at radius 2 is 1.84 bits per heavy atom. The third kappa shape index (κ3) is 5.26. The summed E-state index contributed by atoms with van der Waals surface area (Å²) in [7, 11) is 3.11. The van der Waals surface area contributed by atoms with Crippen molar-refractivity contribution >= 4 is 34.4 Å². The van der Waals surface area contributed by atoms with Crippen molar-refractivity contribution in [1.82, 2.24) is 4.90 Å². The van der Waals surface area contributed by atoms with Crippen molar-refractivity contribution < 1.29 is 23.8 Å². The van der Waals surface area contributed by atoms with Gasteiger partial charge in [0.2, 0.25) is 0 Å². The molecule has 0 bridgehead atoms. The summed E-state index contributed by atoms with van der Waals surface area (Å²) in [5.74, 6) is 0.504. The van der Waals surface area contributed by atoms with Gasteiger partial charge in [0, 0.05) is 30.7 Å². The second-order valence-corrected chi connectivity index (χ2v) is 7.95. The van der Waals surface area contributed by atoms with E-state index < -0.39 is 0 Å². The van der Waals surface area contributed by atoms with Crippen LogP contribution in [0.25, 0.3) is 5.57 Å². The lowest BCUT2D eigenvalue weighted by molar-refractivity contribution is -0.137. The van der Waals surface area contributed by atoms with Crippen LogP contribution in [0.15, 0.2) is 41.4 Å². The molecule has 8 heteroatoms. The molecule has 1 N–H and O–H groups in total. The van der Waals surface area contributed by atoms with E-state index in [2.05, 4.69) is 12.2 Å². The Morgan fingerprint density at radius 1 is 1.03 bits per heavy atom. The van der Waals surface area contributed by atoms with Crippen LogP contribution in [0.5, 0.6) is 11.5 Å². The molecule has 3 rings (SSSR count). The Hall–Kier alpha value is -2.84. The minimum Gasteiger partial charge on any atom is -0.497 e. The molecule has 31 heavy (non-hydrogen) atoms. The molecule has 166 valence electrons. The van der Waals surface area contributed by atoms with Crippen molar-refractivity contribution in [3.8, 4) is 11.5 Å². The molecular weight excluding hydrogens is 416 g/mol. The smallest absolute Gasteiger partial charge is 0.278 e. The lowest BCUT2D eigenvalue weighted by Crippen LogP contribution is -2.34. The summed E-state index contributed by atoms with van der Waals surface area (Å²) in [6, 6.07) is 8.96. The second-order valence-electron chi connectivity index (χ2n) is 7.00. The van der Waals surface area contributed by atoms with Crippen LogP contribution in [0.4, 0.5) is 5.69 Å². The predicted molar refractivity (Wildman–Crippen MR) is 121 cm³/mol. The van der Waals surface area contributed by atoms with E-state index in [4.69, 9.17) is 14.2 Å². The summed E-state index contributed by atoms with van der Waals surface area (Å²) in [4.78, 5) is 28.4. The van der Waals surface area contributed by atoms with Gasteiger partial charge in [-0.1, -0.05) is 19.4 Å². The number of anilines is 1. The maximum Gasteiger partial charge on any atom is 0.278 e. The zero-order chi connectivity index (χ0) is 22.2. The number of hydrogen-bond acceptors (Lipinski definition) is 7. The van der Waals surface area contributed by atoms with E-state index in [-0.39, 0.29) is 17.5 Å². The molecular formula is C23H28N2O5S. The minimum atomic E-state index is -0.347. The molecule has 0 saturated heterocycles. The van der Waals surface area contributed by atoms with Crippen molar-refractivity contribution in [2.45, 2.75) is 26.2 Å². The third-order valence-electron chi connectivity index (χ3n) is 4.92. The fourth-order valence-corrected chi connectivity index (χ4v) is 4.02. The third-order valence-corrected chi connectivity index (χ3v) is 5.80. The van der Waals surface area contributed by atoms with Gasteiger partial charge in [0.1, 0.15) is 17.2 Å². The van der Waals surface area contributed by atoms with E-state index >= 15 is 0 Å². The van der Waals surface area contributed by atoms with Gasteiger partial charge in [0.25, 0.3) is 11.8 Å². The zero-order valence-corrected chi connectivity index (χ0v) is 18.9. The van der Waals surface area contributed by atoms with Gasteiger partial charge in [-0.3, -0.25) is 14.5 Å². The number of thiophene rings is 1. The number of benzene rings is 1. The highest BCUT2D eigenvalue weighted by molar-refractivity contribution is 7.11. The van der Waals surface area contributed by atoms with Crippen LogP contribution in [0.1, 0.15) is 31.1 Å². The SMILES string of the molecule is CCCCOCCCN1C(=O)C(Nc2ccc(OC)cc2OC)=C(c2cccs2)C1=O. The van der Waals surface area contributed by atoms with Crippen LogP contribution >= 0.6 is 11.3 Å². The maximum atomic E-state index is 13.2. The molecule has 2 heterocycles. The van der Waals surface area contributed by atoms with Gasteiger partial charge < -0.3 is 19.5 Å². The average Bonchev–Trinajstić information content (AvgIpc) is 3.38. The fourth-order valence-electron chi connectivity index (χ4n) is 3.25. The first-order valence-electron chi connectivity index (χ1n) is 10.3. The summed E-state index contributed by atoms with van der Waals surface area (Å²) in [6.07, 6.45) is 2.67. The first-order chi connectivity index (χ1) is 15.1. The van der Waals surface area contributed by atoms with Gasteiger partial charge in [-0.25, -0.2) is 0 Å². The van der Waals surface area contributed by atoms with Crippen molar-refractivity contribution in [3.05, 3.63) is 46.3 Å². The molecule has 0 unspecified atom stereocenters. The van der Waals surface area contributed by atoms with Crippen molar-refractivity contribution in [3.63, 3.8) is 0 Å². The van der Waals surface area contributed by atoms with Crippen LogP contribution in [0.3, 0.4) is 0 Å². The Labute approximate surface area is 186 Å². The van der Waals surface area contributed by atoms with Gasteiger partial charge in [0.15, 0.2) is 0 Å². The number of amides is 2. The Bertz CT molecular complexity index is 939. The number of rotatable bonds is 12. The number of ether oxygens (including phenoxy) is 3. The summed E-state index contributed by atoms with van der Waals surface area (Å²) in [5, 5.41) is 5.03. The summed E-state index contributed by atoms with van der Waals surface area (Å²) in [6.45, 7) is 3.63. The molecule has 0 fully saturated rings. The molecule has 0 spiro atoms. The zero-order valence-electron chi connectivity index (χ0n) is 18.1. The summed E-state index contributed by atoms with van der Waals surface area (Å²) < 4.78 is 16.2. The number of methoxy groups -OCH3 is 2. The van der Waals surface area contributed by atoms with E-state index in [1.54, 1.807) is 32.4 Å². The van der Waals surface area contributed by atoms with Crippen LogP contribution in [-0.2, 0) is 14.3 Å². The molecule has 1 aliphatic heterocycles. The van der Waals surface area contributed by atoms with Crippen LogP contribution in [0.2, 0.25) is 0 Å². The number of carbonyl (C=O) groups excluding carboxylic acids is 2. The average molecular weight is 445 g/mol. The van der Waals surface area contributed by atoms with Gasteiger partial charge in [-0.05, 0) is 36.4 Å². The highest BCUT2D eigenvalue weighted by Crippen LogP contribution is 2.36. The number of hydrogen-bond donors (Lipinski definition) is 1. The number of carbonyl (C=O) groups is 2. The lowest BCUT2D eigenvalue weighted by atomic mass is 10.1. The lowest BCUT2D eigenvalue weighted by Gasteiger charge is -2.16. The Kier molecular flexibility index (Phi) is 8.08. The molecule has 1 aliphatic rings. The topological polar surface area (TPSA) is 77.1 Å². The minimum absolute atomic E-state index is 0.253. The van der Waals surface area contributed by atoms with Gasteiger partial charge >= 0.3 is 0 Å². The van der Waals surface area contributed by atoms with Gasteiger partial charge in [-0.2, -0.15) is 0 Å². The molecule has 0 radical (unpaired) electrons. The maximum absolute atomic E-state index is 13.2. The first kappa shape index (κ1) is 22.8. The molecule has 0 aliphatic carbocycles. The molecule has 1 aromatic heterocycles. The van der Waals surface area contributed by atoms with E-state index in [0.29, 0.717) is 48.9 Å². The number of nitrogens with zero attached hydrogens (tertiary/aromatic N) is 1. The molecule has 1 aromatic carbocycles. The summed E-state index contributed by atoms with van der Waals surface area (Å²) in [5.41, 5.74) is 1.21. The van der Waals surface area contributed by atoms with Crippen LogP contribution in [0, 0.1) is 0 Å². The standard InChI is InChI=1S/C23H28N2O5S/c1-4-5-12-30-13-7-11-25-22(26)20(19-8-6-14-31-19)21(23(25)27)24-17-10-9-16(28-2)15-18(17)29-3/h6,8-10,14-15,24H,4-5,7,11-13H2,1-3H3. The monoisotopic (exact) mass is 444 g/mol. The van der Waals surface area contributed by atoms with E-state index in [0.717, 1.165) is 17.7 Å². The van der Waals surface area contributed by atoms with Crippen molar-refractivity contribution in [2.75, 3.05) is 39.3 Å². The fraction of sp³-hybridized carbons (Fsp3) is 0.391. The number of imide groups is 1. The van der Waals surface area contributed by atoms with Crippen molar-refractivity contribution in [1.29, 1.82) is 0 Å². The highest BCUT2D eigenvalue weighted by Gasteiger charge is 2.39. The van der Waals surface area contributed by atoms with Crippen LogP contribution < -0.4 is 14.8 Å². The molecule has 2 aromatic rings. The molecule has 0 saturated carbocycles. The number of nitrogens with one attached hydrogen (secondary N) is 1. The summed E-state index contributed by atoms with van der Waals surface area (Å²) >= 11 is 1.42. The molecule has 7 nitrogen and oxygen atoms in total.